The highest BCUT2D eigenvalue weighted by Gasteiger charge is 2.64. The molecule has 0 aliphatic carbocycles. The van der Waals surface area contributed by atoms with Crippen molar-refractivity contribution in [2.24, 2.45) is 0 Å². The van der Waals surface area contributed by atoms with Crippen LogP contribution in [0.3, 0.4) is 0 Å². The van der Waals surface area contributed by atoms with Crippen LogP contribution in [0, 0.1) is 0 Å². The molecule has 10 heteroatoms. The fraction of sp³-hybridized carbons (Fsp3) is 0.800. The smallest absolute Gasteiger partial charge is 0.385 e. The predicted octanol–water partition coefficient (Wildman–Crippen LogP) is 0.795. The summed E-state index contributed by atoms with van der Waals surface area (Å²) in [6.45, 7) is -0.386. The van der Waals surface area contributed by atoms with Gasteiger partial charge < -0.3 is 15.0 Å². The number of likely N-dealkylation sites (N-methyl/N-ethyl adjacent to an activating group) is 1. The molecule has 118 valence electrons. The van der Waals surface area contributed by atoms with E-state index in [9.17, 15) is 31.5 Å². The van der Waals surface area contributed by atoms with Crippen molar-refractivity contribution < 1.29 is 36.3 Å². The summed E-state index contributed by atoms with van der Waals surface area (Å²) in [6.07, 6.45) is -5.55. The molecule has 0 aromatic carbocycles. The lowest BCUT2D eigenvalue weighted by Gasteiger charge is -2.24. The van der Waals surface area contributed by atoms with Gasteiger partial charge in [-0.2, -0.15) is 22.0 Å². The molecule has 0 unspecified atom stereocenters. The summed E-state index contributed by atoms with van der Waals surface area (Å²) in [4.78, 5) is 22.2. The van der Waals surface area contributed by atoms with E-state index in [1.807, 2.05) is 0 Å². The zero-order valence-electron chi connectivity index (χ0n) is 10.9. The van der Waals surface area contributed by atoms with E-state index in [1.165, 1.54) is 7.11 Å². The molecular formula is C10H15F5N2O3. The van der Waals surface area contributed by atoms with Gasteiger partial charge in [0.15, 0.2) is 0 Å². The van der Waals surface area contributed by atoms with E-state index in [-0.39, 0.29) is 11.4 Å². The standard InChI is InChI=1S/C10H15F5N2O3/c1-17(6-7(18)16-4-3-5-20-2)8(19)9(11,12)10(13,14)15/h3-6H2,1-2H3,(H,16,18). The maximum Gasteiger partial charge on any atom is 0.463 e. The van der Waals surface area contributed by atoms with Crippen LogP contribution in [0.25, 0.3) is 0 Å². The van der Waals surface area contributed by atoms with Crippen LogP contribution in [-0.4, -0.2) is 62.7 Å². The van der Waals surface area contributed by atoms with Crippen molar-refractivity contribution in [3.05, 3.63) is 0 Å². The van der Waals surface area contributed by atoms with E-state index in [0.717, 1.165) is 0 Å². The topological polar surface area (TPSA) is 58.6 Å². The Morgan fingerprint density at radius 2 is 1.75 bits per heavy atom. The molecule has 5 nitrogen and oxygen atoms in total. The van der Waals surface area contributed by atoms with Crippen LogP contribution in [0.4, 0.5) is 22.0 Å². The minimum atomic E-state index is -5.99. The van der Waals surface area contributed by atoms with E-state index < -0.39 is 30.5 Å². The van der Waals surface area contributed by atoms with E-state index >= 15 is 0 Å². The first kappa shape index (κ1) is 18.6. The molecule has 0 saturated carbocycles. The molecule has 0 atom stereocenters. The van der Waals surface area contributed by atoms with E-state index in [2.05, 4.69) is 10.1 Å². The molecular weight excluding hydrogens is 291 g/mol. The lowest BCUT2D eigenvalue weighted by molar-refractivity contribution is -0.273. The third kappa shape index (κ3) is 5.27. The van der Waals surface area contributed by atoms with Gasteiger partial charge in [-0.3, -0.25) is 9.59 Å². The number of rotatable bonds is 7. The number of amides is 2. The van der Waals surface area contributed by atoms with Gasteiger partial charge in [0, 0.05) is 27.3 Å². The number of carbonyl (C=O) groups is 2. The molecule has 0 heterocycles. The molecule has 2 amide bonds. The van der Waals surface area contributed by atoms with Crippen LogP contribution in [0.15, 0.2) is 0 Å². The zero-order chi connectivity index (χ0) is 16.0. The monoisotopic (exact) mass is 306 g/mol. The summed E-state index contributed by atoms with van der Waals surface area (Å²) in [5, 5.41) is 2.25. The Bertz CT molecular complexity index is 346. The number of nitrogens with one attached hydrogen (secondary N) is 1. The van der Waals surface area contributed by atoms with Gasteiger partial charge in [-0.1, -0.05) is 0 Å². The molecule has 0 fully saturated rings. The molecule has 0 bridgehead atoms. The first-order chi connectivity index (χ1) is 9.04. The summed E-state index contributed by atoms with van der Waals surface area (Å²) in [5.41, 5.74) is 0. The fourth-order valence-electron chi connectivity index (χ4n) is 1.15. The Kier molecular flexibility index (Phi) is 6.83. The first-order valence-corrected chi connectivity index (χ1v) is 5.49. The highest BCUT2D eigenvalue weighted by atomic mass is 19.4. The maximum atomic E-state index is 12.7. The lowest BCUT2D eigenvalue weighted by Crippen LogP contribution is -2.52. The Hall–Kier alpha value is -1.45. The Morgan fingerprint density at radius 1 is 1.20 bits per heavy atom. The number of nitrogens with zero attached hydrogens (tertiary/aromatic N) is 1. The van der Waals surface area contributed by atoms with Crippen molar-refractivity contribution in [2.45, 2.75) is 18.5 Å². The third-order valence-electron chi connectivity index (χ3n) is 2.20. The molecule has 0 saturated heterocycles. The van der Waals surface area contributed by atoms with Gasteiger partial charge in [0.05, 0.1) is 6.54 Å². The maximum absolute atomic E-state index is 12.7. The average molecular weight is 306 g/mol. The molecule has 0 spiro atoms. The van der Waals surface area contributed by atoms with Crippen LogP contribution in [-0.2, 0) is 14.3 Å². The Labute approximate surface area is 112 Å². The zero-order valence-corrected chi connectivity index (χ0v) is 10.9. The minimum absolute atomic E-state index is 0.0269. The number of carbonyl (C=O) groups excluding carboxylic acids is 2. The van der Waals surface area contributed by atoms with Gasteiger partial charge in [-0.15, -0.1) is 0 Å². The highest BCUT2D eigenvalue weighted by Crippen LogP contribution is 2.36. The molecule has 0 aromatic heterocycles. The van der Waals surface area contributed by atoms with Gasteiger partial charge in [0.2, 0.25) is 5.91 Å². The van der Waals surface area contributed by atoms with Crippen molar-refractivity contribution >= 4 is 11.8 Å². The molecule has 0 radical (unpaired) electrons. The molecule has 1 N–H and O–H groups in total. The summed E-state index contributed by atoms with van der Waals surface area (Å²) in [5.74, 6) is -8.83. The number of methoxy groups -OCH3 is 1. The van der Waals surface area contributed by atoms with Crippen molar-refractivity contribution in [1.82, 2.24) is 10.2 Å². The Balaban J connectivity index is 4.36. The second-order valence-electron chi connectivity index (χ2n) is 3.93. The van der Waals surface area contributed by atoms with Crippen molar-refractivity contribution in [3.8, 4) is 0 Å². The van der Waals surface area contributed by atoms with Crippen LogP contribution in [0.2, 0.25) is 0 Å². The van der Waals surface area contributed by atoms with E-state index in [4.69, 9.17) is 0 Å². The largest absolute Gasteiger partial charge is 0.463 e. The minimum Gasteiger partial charge on any atom is -0.385 e. The van der Waals surface area contributed by atoms with Gasteiger partial charge in [-0.05, 0) is 6.42 Å². The summed E-state index contributed by atoms with van der Waals surface area (Å²) in [7, 11) is 2.13. The second kappa shape index (κ2) is 7.36. The quantitative estimate of drug-likeness (QED) is 0.559. The number of halogens is 5. The van der Waals surface area contributed by atoms with Crippen molar-refractivity contribution in [3.63, 3.8) is 0 Å². The normalized spacial score (nSPS) is 12.2. The predicted molar refractivity (Wildman–Crippen MR) is 58.1 cm³/mol. The summed E-state index contributed by atoms with van der Waals surface area (Å²) < 4.78 is 66.0. The third-order valence-corrected chi connectivity index (χ3v) is 2.20. The molecule has 0 aromatic rings. The van der Waals surface area contributed by atoms with Crippen LogP contribution in [0.5, 0.6) is 0 Å². The fourth-order valence-corrected chi connectivity index (χ4v) is 1.15. The molecule has 20 heavy (non-hydrogen) atoms. The SMILES string of the molecule is COCCCNC(=O)CN(C)C(=O)C(F)(F)C(F)(F)F. The molecule has 0 aliphatic rings. The van der Waals surface area contributed by atoms with E-state index in [1.54, 1.807) is 0 Å². The highest BCUT2D eigenvalue weighted by molar-refractivity contribution is 5.88. The van der Waals surface area contributed by atoms with Crippen molar-refractivity contribution in [2.75, 3.05) is 33.9 Å². The number of hydrogen-bond acceptors (Lipinski definition) is 3. The number of ether oxygens (including phenoxy) is 1. The van der Waals surface area contributed by atoms with Crippen LogP contribution in [0.1, 0.15) is 6.42 Å². The average Bonchev–Trinajstić information content (AvgIpc) is 2.32. The first-order valence-electron chi connectivity index (χ1n) is 5.49. The molecule has 0 aliphatic heterocycles. The molecule has 0 rings (SSSR count). The van der Waals surface area contributed by atoms with Gasteiger partial charge in [0.25, 0.3) is 0 Å². The Morgan fingerprint density at radius 3 is 2.20 bits per heavy atom. The summed E-state index contributed by atoms with van der Waals surface area (Å²) >= 11 is 0. The second-order valence-corrected chi connectivity index (χ2v) is 3.93. The van der Waals surface area contributed by atoms with Gasteiger partial charge in [0.1, 0.15) is 0 Å². The van der Waals surface area contributed by atoms with Gasteiger partial charge >= 0.3 is 18.0 Å². The number of hydrogen-bond donors (Lipinski definition) is 1. The summed E-state index contributed by atoms with van der Waals surface area (Å²) in [6, 6.07) is 0. The van der Waals surface area contributed by atoms with Crippen LogP contribution >= 0.6 is 0 Å². The van der Waals surface area contributed by atoms with Gasteiger partial charge in [-0.25, -0.2) is 0 Å². The number of alkyl halides is 5. The van der Waals surface area contributed by atoms with Crippen molar-refractivity contribution in [1.29, 1.82) is 0 Å². The van der Waals surface area contributed by atoms with Crippen LogP contribution < -0.4 is 5.32 Å². The van der Waals surface area contributed by atoms with E-state index in [0.29, 0.717) is 20.1 Å². The lowest BCUT2D eigenvalue weighted by atomic mass is 10.3.